The highest BCUT2D eigenvalue weighted by atomic mass is 35.5. The summed E-state index contributed by atoms with van der Waals surface area (Å²) in [7, 11) is 2.12. The maximum absolute atomic E-state index is 11.4. The number of nitrogens with one attached hydrogen (secondary N) is 1. The van der Waals surface area contributed by atoms with E-state index in [1.165, 1.54) is 11.1 Å². The van der Waals surface area contributed by atoms with Crippen molar-refractivity contribution in [1.29, 1.82) is 0 Å². The molecular formula is C27H26ClN5O3. The van der Waals surface area contributed by atoms with E-state index in [-0.39, 0.29) is 6.42 Å². The van der Waals surface area contributed by atoms with Crippen LogP contribution in [-0.4, -0.2) is 50.2 Å². The summed E-state index contributed by atoms with van der Waals surface area (Å²) in [5, 5.41) is 13.9. The third kappa shape index (κ3) is 4.50. The summed E-state index contributed by atoms with van der Waals surface area (Å²) >= 11 is 6.53. The predicted octanol–water partition coefficient (Wildman–Crippen LogP) is 4.97. The Kier molecular flexibility index (Phi) is 5.78. The number of para-hydroxylation sites is 1. The van der Waals surface area contributed by atoms with Crippen molar-refractivity contribution in [2.75, 3.05) is 18.9 Å². The van der Waals surface area contributed by atoms with Crippen LogP contribution in [0.5, 0.6) is 5.75 Å². The van der Waals surface area contributed by atoms with E-state index in [9.17, 15) is 9.90 Å². The van der Waals surface area contributed by atoms with E-state index in [0.29, 0.717) is 28.5 Å². The van der Waals surface area contributed by atoms with E-state index in [2.05, 4.69) is 28.3 Å². The highest BCUT2D eigenvalue weighted by Gasteiger charge is 2.27. The van der Waals surface area contributed by atoms with Crippen LogP contribution in [0.4, 0.5) is 11.6 Å². The molecule has 0 amide bonds. The number of benzene rings is 2. The Morgan fingerprint density at radius 2 is 2.11 bits per heavy atom. The zero-order valence-corrected chi connectivity index (χ0v) is 20.6. The van der Waals surface area contributed by atoms with Crippen LogP contribution in [0.15, 0.2) is 48.8 Å². The Labute approximate surface area is 213 Å². The zero-order chi connectivity index (χ0) is 24.8. The molecule has 3 heterocycles. The molecule has 1 saturated carbocycles. The minimum Gasteiger partial charge on any atom is -0.490 e. The van der Waals surface area contributed by atoms with Crippen LogP contribution in [0.2, 0.25) is 5.02 Å². The van der Waals surface area contributed by atoms with Gasteiger partial charge in [0.25, 0.3) is 0 Å². The largest absolute Gasteiger partial charge is 0.490 e. The predicted molar refractivity (Wildman–Crippen MR) is 139 cm³/mol. The first-order chi connectivity index (χ1) is 17.4. The molecule has 1 fully saturated rings. The fourth-order valence-corrected chi connectivity index (χ4v) is 4.97. The standard InChI is InChI=1S/C27H26ClN5O3/c1-32-9-8-21-16(14-32)10-18(12-24(21)36-19-6-7-19)30-27-29-13-22(28)26(31-27)33-15-17(11-25(34)35)20-4-2-3-5-23(20)33/h2-5,10,12-13,15,19H,6-9,11,14H2,1H3,(H,34,35)(H,29,30,31). The number of nitrogens with zero attached hydrogens (tertiary/aromatic N) is 4. The van der Waals surface area contributed by atoms with E-state index in [1.54, 1.807) is 12.4 Å². The fraction of sp³-hybridized carbons (Fsp3) is 0.296. The third-order valence-corrected chi connectivity index (χ3v) is 6.92. The van der Waals surface area contributed by atoms with E-state index >= 15 is 0 Å². The van der Waals surface area contributed by atoms with Crippen molar-refractivity contribution in [2.24, 2.45) is 0 Å². The fourth-order valence-electron chi connectivity index (χ4n) is 4.79. The van der Waals surface area contributed by atoms with E-state index in [4.69, 9.17) is 21.3 Å². The second-order valence-corrected chi connectivity index (χ2v) is 9.93. The highest BCUT2D eigenvalue weighted by Crippen LogP contribution is 2.36. The number of carbonyl (C=O) groups is 1. The summed E-state index contributed by atoms with van der Waals surface area (Å²) in [5.41, 5.74) is 4.92. The van der Waals surface area contributed by atoms with Gasteiger partial charge in [0, 0.05) is 42.0 Å². The van der Waals surface area contributed by atoms with Gasteiger partial charge in [0.15, 0.2) is 5.82 Å². The average molecular weight is 504 g/mol. The molecule has 0 saturated heterocycles. The minimum absolute atomic E-state index is 0.0886. The quantitative estimate of drug-likeness (QED) is 0.367. The Hall–Kier alpha value is -3.62. The second kappa shape index (κ2) is 9.11. The molecule has 2 aliphatic rings. The van der Waals surface area contributed by atoms with Gasteiger partial charge in [0.2, 0.25) is 5.95 Å². The van der Waals surface area contributed by atoms with Gasteiger partial charge < -0.3 is 20.1 Å². The summed E-state index contributed by atoms with van der Waals surface area (Å²) in [6.07, 6.45) is 6.74. The van der Waals surface area contributed by atoms with Gasteiger partial charge in [-0.3, -0.25) is 9.36 Å². The van der Waals surface area contributed by atoms with Gasteiger partial charge in [-0.05, 0) is 49.6 Å². The van der Waals surface area contributed by atoms with Gasteiger partial charge in [-0.1, -0.05) is 29.8 Å². The molecule has 0 atom stereocenters. The lowest BCUT2D eigenvalue weighted by atomic mass is 9.98. The Morgan fingerprint density at radius 3 is 2.92 bits per heavy atom. The van der Waals surface area contributed by atoms with Crippen LogP contribution in [-0.2, 0) is 24.2 Å². The molecular weight excluding hydrogens is 478 g/mol. The number of ether oxygens (including phenoxy) is 1. The first-order valence-corrected chi connectivity index (χ1v) is 12.4. The van der Waals surface area contributed by atoms with Crippen molar-refractivity contribution in [2.45, 2.75) is 38.3 Å². The van der Waals surface area contributed by atoms with E-state index < -0.39 is 5.97 Å². The molecule has 0 spiro atoms. The number of halogens is 1. The molecule has 184 valence electrons. The number of carboxylic acids is 1. The van der Waals surface area contributed by atoms with Crippen LogP contribution >= 0.6 is 11.6 Å². The molecule has 6 rings (SSSR count). The van der Waals surface area contributed by atoms with Crippen LogP contribution in [0.3, 0.4) is 0 Å². The van der Waals surface area contributed by atoms with Gasteiger partial charge in [-0.15, -0.1) is 0 Å². The molecule has 1 aliphatic heterocycles. The summed E-state index contributed by atoms with van der Waals surface area (Å²) in [5.74, 6) is 0.924. The van der Waals surface area contributed by atoms with Crippen LogP contribution in [0.25, 0.3) is 16.7 Å². The van der Waals surface area contributed by atoms with Crippen molar-refractivity contribution < 1.29 is 14.6 Å². The summed E-state index contributed by atoms with van der Waals surface area (Å²) < 4.78 is 8.09. The number of hydrogen-bond acceptors (Lipinski definition) is 6. The summed E-state index contributed by atoms with van der Waals surface area (Å²) in [6.45, 7) is 1.87. The van der Waals surface area contributed by atoms with Gasteiger partial charge in [0.05, 0.1) is 24.2 Å². The Balaban J connectivity index is 1.37. The molecule has 0 bridgehead atoms. The van der Waals surface area contributed by atoms with E-state index in [0.717, 1.165) is 54.7 Å². The number of aromatic nitrogens is 3. The highest BCUT2D eigenvalue weighted by molar-refractivity contribution is 6.32. The van der Waals surface area contributed by atoms with Crippen LogP contribution in [0, 0.1) is 0 Å². The first-order valence-electron chi connectivity index (χ1n) is 12.1. The molecule has 2 aromatic carbocycles. The number of carboxylic acid groups (broad SMARTS) is 1. The molecule has 8 nitrogen and oxygen atoms in total. The number of likely N-dealkylation sites (N-methyl/N-ethyl adjacent to an activating group) is 1. The Morgan fingerprint density at radius 1 is 1.28 bits per heavy atom. The molecule has 2 aromatic heterocycles. The maximum atomic E-state index is 11.4. The van der Waals surface area contributed by atoms with Crippen molar-refractivity contribution in [3.63, 3.8) is 0 Å². The topological polar surface area (TPSA) is 92.5 Å². The number of rotatable bonds is 7. The van der Waals surface area contributed by atoms with Crippen LogP contribution < -0.4 is 10.1 Å². The first kappa shape index (κ1) is 22.8. The maximum Gasteiger partial charge on any atom is 0.307 e. The molecule has 2 N–H and O–H groups in total. The summed E-state index contributed by atoms with van der Waals surface area (Å²) in [6, 6.07) is 11.8. The zero-order valence-electron chi connectivity index (χ0n) is 19.9. The van der Waals surface area contributed by atoms with Crippen molar-refractivity contribution >= 4 is 40.1 Å². The lowest BCUT2D eigenvalue weighted by Gasteiger charge is -2.27. The SMILES string of the molecule is CN1CCc2c(cc(Nc3ncc(Cl)c(-n4cc(CC(=O)O)c5ccccc54)n3)cc2OC2CC2)C1. The van der Waals surface area contributed by atoms with Gasteiger partial charge in [-0.2, -0.15) is 4.98 Å². The Bertz CT molecular complexity index is 1480. The average Bonchev–Trinajstić information content (AvgIpc) is 3.60. The monoisotopic (exact) mass is 503 g/mol. The van der Waals surface area contributed by atoms with Crippen LogP contribution in [0.1, 0.15) is 29.5 Å². The van der Waals surface area contributed by atoms with Crippen molar-refractivity contribution in [3.8, 4) is 11.6 Å². The lowest BCUT2D eigenvalue weighted by Crippen LogP contribution is -2.27. The molecule has 4 aromatic rings. The third-order valence-electron chi connectivity index (χ3n) is 6.65. The number of anilines is 2. The number of hydrogen-bond donors (Lipinski definition) is 2. The number of fused-ring (bicyclic) bond motifs is 2. The van der Waals surface area contributed by atoms with Gasteiger partial charge >= 0.3 is 5.97 Å². The normalized spacial score (nSPS) is 15.6. The molecule has 0 radical (unpaired) electrons. The minimum atomic E-state index is -0.892. The number of aliphatic carboxylic acids is 1. The summed E-state index contributed by atoms with van der Waals surface area (Å²) in [4.78, 5) is 22.9. The van der Waals surface area contributed by atoms with Crippen molar-refractivity contribution in [3.05, 3.63) is 70.5 Å². The van der Waals surface area contributed by atoms with Gasteiger partial charge in [-0.25, -0.2) is 4.98 Å². The molecule has 1 aliphatic carbocycles. The second-order valence-electron chi connectivity index (χ2n) is 9.52. The lowest BCUT2D eigenvalue weighted by molar-refractivity contribution is -0.136. The van der Waals surface area contributed by atoms with Crippen molar-refractivity contribution in [1.82, 2.24) is 19.4 Å². The van der Waals surface area contributed by atoms with E-state index in [1.807, 2.05) is 34.9 Å². The molecule has 9 heteroatoms. The van der Waals surface area contributed by atoms with Gasteiger partial charge in [0.1, 0.15) is 10.8 Å². The smallest absolute Gasteiger partial charge is 0.307 e. The molecule has 36 heavy (non-hydrogen) atoms. The molecule has 0 unspecified atom stereocenters.